The van der Waals surface area contributed by atoms with Gasteiger partial charge in [-0.1, -0.05) is 6.42 Å². The first-order valence-electron chi connectivity index (χ1n) is 6.26. The van der Waals surface area contributed by atoms with Crippen molar-refractivity contribution in [2.24, 2.45) is 17.8 Å². The topological polar surface area (TPSA) is 75.6 Å². The van der Waals surface area contributed by atoms with Crippen molar-refractivity contribution in [1.29, 1.82) is 0 Å². The summed E-state index contributed by atoms with van der Waals surface area (Å²) in [5.74, 6) is -0.946. The summed E-state index contributed by atoms with van der Waals surface area (Å²) in [6, 6.07) is 0. The van der Waals surface area contributed by atoms with E-state index < -0.39 is 5.97 Å². The van der Waals surface area contributed by atoms with Gasteiger partial charge in [0.15, 0.2) is 0 Å². The lowest BCUT2D eigenvalue weighted by Crippen LogP contribution is -2.36. The number of hydrogen-bond donors (Lipinski definition) is 2. The maximum atomic E-state index is 11.7. The van der Waals surface area contributed by atoms with Crippen molar-refractivity contribution in [3.8, 4) is 0 Å². The average Bonchev–Trinajstić information content (AvgIpc) is 2.96. The molecule has 2 fully saturated rings. The third-order valence-corrected chi connectivity index (χ3v) is 3.82. The molecule has 3 unspecified atom stereocenters. The number of ether oxygens (including phenoxy) is 1. The number of hydrogen-bond acceptors (Lipinski definition) is 3. The van der Waals surface area contributed by atoms with E-state index in [1.165, 1.54) is 0 Å². The Balaban J connectivity index is 1.77. The zero-order valence-electron chi connectivity index (χ0n) is 9.85. The van der Waals surface area contributed by atoms with Gasteiger partial charge in [0.05, 0.1) is 18.4 Å². The second-order valence-electron chi connectivity index (χ2n) is 4.94. The molecule has 2 rings (SSSR count). The number of carboxylic acid groups (broad SMARTS) is 1. The molecule has 2 aliphatic rings. The van der Waals surface area contributed by atoms with Crippen LogP contribution in [0.2, 0.25) is 0 Å². The Morgan fingerprint density at radius 2 is 2.12 bits per heavy atom. The maximum absolute atomic E-state index is 11.7. The standard InChI is InChI=1S/C12H19NO4/c14-11(9-4-5-17-7-9)13-6-8-2-1-3-10(8)12(15)16/h8-10H,1-7H2,(H,13,14)(H,15,16). The van der Waals surface area contributed by atoms with Crippen LogP contribution in [0.3, 0.4) is 0 Å². The van der Waals surface area contributed by atoms with Gasteiger partial charge in [0.2, 0.25) is 5.91 Å². The lowest BCUT2D eigenvalue weighted by molar-refractivity contribution is -0.143. The van der Waals surface area contributed by atoms with Gasteiger partial charge < -0.3 is 15.2 Å². The van der Waals surface area contributed by atoms with Crippen LogP contribution < -0.4 is 5.32 Å². The molecule has 5 heteroatoms. The third kappa shape index (κ3) is 2.97. The molecule has 1 saturated heterocycles. The van der Waals surface area contributed by atoms with Crippen LogP contribution in [0.25, 0.3) is 0 Å². The molecular formula is C12H19NO4. The number of carboxylic acids is 1. The van der Waals surface area contributed by atoms with Crippen LogP contribution in [0.1, 0.15) is 25.7 Å². The second-order valence-corrected chi connectivity index (χ2v) is 4.94. The third-order valence-electron chi connectivity index (χ3n) is 3.82. The summed E-state index contributed by atoms with van der Waals surface area (Å²) in [5, 5.41) is 11.9. The summed E-state index contributed by atoms with van der Waals surface area (Å²) in [6.45, 7) is 1.64. The number of rotatable bonds is 4. The Hall–Kier alpha value is -1.10. The Bertz CT molecular complexity index is 299. The Labute approximate surface area is 101 Å². The average molecular weight is 241 g/mol. The van der Waals surface area contributed by atoms with Gasteiger partial charge in [0.25, 0.3) is 0 Å². The van der Waals surface area contributed by atoms with E-state index in [2.05, 4.69) is 5.32 Å². The molecule has 1 amide bonds. The van der Waals surface area contributed by atoms with E-state index in [1.807, 2.05) is 0 Å². The van der Waals surface area contributed by atoms with Crippen LogP contribution in [0, 0.1) is 17.8 Å². The van der Waals surface area contributed by atoms with E-state index in [-0.39, 0.29) is 23.7 Å². The quantitative estimate of drug-likeness (QED) is 0.757. The van der Waals surface area contributed by atoms with Crippen molar-refractivity contribution in [1.82, 2.24) is 5.32 Å². The van der Waals surface area contributed by atoms with Crippen molar-refractivity contribution in [3.63, 3.8) is 0 Å². The van der Waals surface area contributed by atoms with Crippen LogP contribution in [0.15, 0.2) is 0 Å². The summed E-state index contributed by atoms with van der Waals surface area (Å²) in [5.41, 5.74) is 0. The summed E-state index contributed by atoms with van der Waals surface area (Å²) in [6.07, 6.45) is 3.36. The Morgan fingerprint density at radius 3 is 2.76 bits per heavy atom. The molecule has 0 aromatic carbocycles. The maximum Gasteiger partial charge on any atom is 0.306 e. The minimum absolute atomic E-state index is 0.0125. The van der Waals surface area contributed by atoms with Gasteiger partial charge in [0.1, 0.15) is 0 Å². The summed E-state index contributed by atoms with van der Waals surface area (Å²) in [4.78, 5) is 22.7. The van der Waals surface area contributed by atoms with E-state index in [0.29, 0.717) is 19.8 Å². The minimum atomic E-state index is -0.731. The monoisotopic (exact) mass is 241 g/mol. The van der Waals surface area contributed by atoms with Crippen LogP contribution in [-0.4, -0.2) is 36.7 Å². The molecule has 3 atom stereocenters. The predicted octanol–water partition coefficient (Wildman–Crippen LogP) is 0.640. The van der Waals surface area contributed by atoms with Gasteiger partial charge in [0, 0.05) is 13.2 Å². The van der Waals surface area contributed by atoms with Crippen molar-refractivity contribution in [3.05, 3.63) is 0 Å². The van der Waals surface area contributed by atoms with Gasteiger partial charge in [-0.2, -0.15) is 0 Å². The fourth-order valence-electron chi connectivity index (χ4n) is 2.72. The first-order chi connectivity index (χ1) is 8.18. The molecule has 0 radical (unpaired) electrons. The number of aliphatic carboxylic acids is 1. The summed E-state index contributed by atoms with van der Waals surface area (Å²) >= 11 is 0. The SMILES string of the molecule is O=C(NCC1CCCC1C(=O)O)C1CCOC1. The zero-order valence-corrected chi connectivity index (χ0v) is 9.85. The van der Waals surface area contributed by atoms with Crippen LogP contribution in [-0.2, 0) is 14.3 Å². The molecule has 2 N–H and O–H groups in total. The largest absolute Gasteiger partial charge is 0.481 e. The predicted molar refractivity (Wildman–Crippen MR) is 60.4 cm³/mol. The zero-order chi connectivity index (χ0) is 12.3. The minimum Gasteiger partial charge on any atom is -0.481 e. The molecule has 17 heavy (non-hydrogen) atoms. The normalized spacial score (nSPS) is 32.6. The smallest absolute Gasteiger partial charge is 0.306 e. The van der Waals surface area contributed by atoms with Gasteiger partial charge in [-0.15, -0.1) is 0 Å². The van der Waals surface area contributed by atoms with Crippen molar-refractivity contribution < 1.29 is 19.4 Å². The highest BCUT2D eigenvalue weighted by Gasteiger charge is 2.33. The van der Waals surface area contributed by atoms with Gasteiger partial charge in [-0.05, 0) is 25.2 Å². The van der Waals surface area contributed by atoms with Gasteiger partial charge >= 0.3 is 5.97 Å². The number of carbonyl (C=O) groups excluding carboxylic acids is 1. The molecule has 96 valence electrons. The molecule has 5 nitrogen and oxygen atoms in total. The second kappa shape index (κ2) is 5.49. The molecule has 1 aliphatic carbocycles. The highest BCUT2D eigenvalue weighted by molar-refractivity contribution is 5.79. The lowest BCUT2D eigenvalue weighted by Gasteiger charge is -2.17. The van der Waals surface area contributed by atoms with Crippen LogP contribution in [0.5, 0.6) is 0 Å². The Morgan fingerprint density at radius 1 is 1.29 bits per heavy atom. The van der Waals surface area contributed by atoms with E-state index in [0.717, 1.165) is 25.7 Å². The number of carbonyl (C=O) groups is 2. The van der Waals surface area contributed by atoms with Gasteiger partial charge in [-0.25, -0.2) is 0 Å². The van der Waals surface area contributed by atoms with Crippen molar-refractivity contribution in [2.45, 2.75) is 25.7 Å². The fourth-order valence-corrected chi connectivity index (χ4v) is 2.72. The van der Waals surface area contributed by atoms with E-state index in [1.54, 1.807) is 0 Å². The highest BCUT2D eigenvalue weighted by atomic mass is 16.5. The fraction of sp³-hybridized carbons (Fsp3) is 0.833. The van der Waals surface area contributed by atoms with Crippen LogP contribution in [0.4, 0.5) is 0 Å². The van der Waals surface area contributed by atoms with Crippen molar-refractivity contribution >= 4 is 11.9 Å². The molecule has 0 spiro atoms. The lowest BCUT2D eigenvalue weighted by atomic mass is 9.96. The molecule has 1 saturated carbocycles. The summed E-state index contributed by atoms with van der Waals surface area (Å²) in [7, 11) is 0. The molecule has 1 heterocycles. The number of nitrogens with one attached hydrogen (secondary N) is 1. The summed E-state index contributed by atoms with van der Waals surface area (Å²) < 4.78 is 5.15. The van der Waals surface area contributed by atoms with E-state index in [4.69, 9.17) is 9.84 Å². The highest BCUT2D eigenvalue weighted by Crippen LogP contribution is 2.31. The Kier molecular flexibility index (Phi) is 3.99. The first-order valence-corrected chi connectivity index (χ1v) is 6.26. The molecule has 1 aliphatic heterocycles. The molecule has 0 bridgehead atoms. The van der Waals surface area contributed by atoms with Gasteiger partial charge in [-0.3, -0.25) is 9.59 Å². The first kappa shape index (κ1) is 12.4. The van der Waals surface area contributed by atoms with Crippen LogP contribution >= 0.6 is 0 Å². The van der Waals surface area contributed by atoms with E-state index >= 15 is 0 Å². The molecular weight excluding hydrogens is 222 g/mol. The number of amides is 1. The molecule has 0 aromatic rings. The van der Waals surface area contributed by atoms with E-state index in [9.17, 15) is 9.59 Å². The molecule has 0 aromatic heterocycles. The van der Waals surface area contributed by atoms with Crippen molar-refractivity contribution in [2.75, 3.05) is 19.8 Å².